The highest BCUT2D eigenvalue weighted by molar-refractivity contribution is 5.84. The number of nitrogens with zero attached hydrogens (tertiary/aromatic N) is 1. The molecule has 21 heavy (non-hydrogen) atoms. The summed E-state index contributed by atoms with van der Waals surface area (Å²) in [7, 11) is 1.54. The van der Waals surface area contributed by atoms with Crippen LogP contribution < -0.4 is 5.32 Å². The first kappa shape index (κ1) is 15.8. The van der Waals surface area contributed by atoms with Gasteiger partial charge in [0.25, 0.3) is 0 Å². The molecule has 6 heteroatoms. The number of halogens is 3. The molecule has 0 aromatic heterocycles. The highest BCUT2D eigenvalue weighted by Gasteiger charge is 2.43. The summed E-state index contributed by atoms with van der Waals surface area (Å²) >= 11 is 0. The number of hydrogen-bond acceptors (Lipinski definition) is 2. The van der Waals surface area contributed by atoms with Crippen LogP contribution in [0.3, 0.4) is 0 Å². The minimum Gasteiger partial charge on any atom is -0.325 e. The van der Waals surface area contributed by atoms with E-state index in [2.05, 4.69) is 5.32 Å². The molecule has 0 spiro atoms. The molecule has 0 saturated carbocycles. The van der Waals surface area contributed by atoms with Crippen molar-refractivity contribution in [3.63, 3.8) is 0 Å². The molecular formula is C15H19F3N2O. The number of carbonyl (C=O) groups excluding carboxylic acids is 1. The van der Waals surface area contributed by atoms with Gasteiger partial charge in [-0.1, -0.05) is 38.5 Å². The Morgan fingerprint density at radius 1 is 1.33 bits per heavy atom. The number of amides is 1. The lowest BCUT2D eigenvalue weighted by Gasteiger charge is -2.23. The van der Waals surface area contributed by atoms with Gasteiger partial charge in [-0.25, -0.2) is 0 Å². The topological polar surface area (TPSA) is 32.3 Å². The zero-order chi connectivity index (χ0) is 15.8. The van der Waals surface area contributed by atoms with Crippen molar-refractivity contribution in [2.75, 3.05) is 7.05 Å². The first-order chi connectivity index (χ1) is 9.77. The van der Waals surface area contributed by atoms with Crippen molar-refractivity contribution in [2.45, 2.75) is 38.7 Å². The molecule has 0 radical (unpaired) electrons. The molecule has 3 atom stereocenters. The number of likely N-dealkylation sites (N-methyl/N-ethyl adjacent to an activating group) is 1. The van der Waals surface area contributed by atoms with Gasteiger partial charge in [-0.15, -0.1) is 0 Å². The fraction of sp³-hybridized carbons (Fsp3) is 0.533. The van der Waals surface area contributed by atoms with Crippen LogP contribution in [-0.2, 0) is 11.0 Å². The average Bonchev–Trinajstić information content (AvgIpc) is 2.74. The molecule has 1 aromatic carbocycles. The number of rotatable bonds is 3. The van der Waals surface area contributed by atoms with Crippen LogP contribution in [0.1, 0.15) is 37.6 Å². The molecule has 0 bridgehead atoms. The molecule has 1 aliphatic heterocycles. The quantitative estimate of drug-likeness (QED) is 0.930. The number of benzene rings is 1. The van der Waals surface area contributed by atoms with E-state index in [1.807, 2.05) is 13.8 Å². The lowest BCUT2D eigenvalue weighted by Crippen LogP contribution is -2.35. The van der Waals surface area contributed by atoms with Crippen LogP contribution in [0.2, 0.25) is 0 Å². The predicted molar refractivity (Wildman–Crippen MR) is 73.3 cm³/mol. The molecule has 3 unspecified atom stereocenters. The summed E-state index contributed by atoms with van der Waals surface area (Å²) in [5.74, 6) is -0.0886. The molecular weight excluding hydrogens is 281 g/mol. The van der Waals surface area contributed by atoms with E-state index < -0.39 is 23.9 Å². The monoisotopic (exact) mass is 300 g/mol. The first-order valence-corrected chi connectivity index (χ1v) is 6.96. The number of carbonyl (C=O) groups is 1. The fourth-order valence-corrected chi connectivity index (χ4v) is 2.64. The molecule has 1 saturated heterocycles. The van der Waals surface area contributed by atoms with Gasteiger partial charge in [0.1, 0.15) is 6.17 Å². The molecule has 1 aromatic rings. The summed E-state index contributed by atoms with van der Waals surface area (Å²) in [5.41, 5.74) is -0.612. The zero-order valence-electron chi connectivity index (χ0n) is 12.2. The van der Waals surface area contributed by atoms with Crippen LogP contribution in [-0.4, -0.2) is 23.9 Å². The van der Waals surface area contributed by atoms with Gasteiger partial charge in [0.15, 0.2) is 0 Å². The highest BCUT2D eigenvalue weighted by Crippen LogP contribution is 2.37. The van der Waals surface area contributed by atoms with Crippen molar-refractivity contribution < 1.29 is 18.0 Å². The molecule has 1 fully saturated rings. The standard InChI is InChI=1S/C15H19F3N2O/c1-4-9(2)12-14(21)20(3)13(19-12)10-7-5-6-8-11(10)15(16,17)18/h5-9,12-13,19H,4H2,1-3H3. The number of hydrogen-bond donors (Lipinski definition) is 1. The van der Waals surface area contributed by atoms with Crippen molar-refractivity contribution in [3.05, 3.63) is 35.4 Å². The second kappa shape index (κ2) is 5.67. The smallest absolute Gasteiger partial charge is 0.325 e. The zero-order valence-corrected chi connectivity index (χ0v) is 12.2. The normalized spacial score (nSPS) is 24.5. The third-order valence-corrected chi connectivity index (χ3v) is 4.11. The second-order valence-corrected chi connectivity index (χ2v) is 5.47. The lowest BCUT2D eigenvalue weighted by atomic mass is 9.99. The van der Waals surface area contributed by atoms with Crippen molar-refractivity contribution in [1.82, 2.24) is 10.2 Å². The SMILES string of the molecule is CCC(C)C1NC(c2ccccc2C(F)(F)F)N(C)C1=O. The van der Waals surface area contributed by atoms with Gasteiger partial charge >= 0.3 is 6.18 Å². The van der Waals surface area contributed by atoms with E-state index in [4.69, 9.17) is 0 Å². The predicted octanol–water partition coefficient (Wildman–Crippen LogP) is 3.18. The fourth-order valence-electron chi connectivity index (χ4n) is 2.64. The number of alkyl halides is 3. The Hall–Kier alpha value is -1.56. The van der Waals surface area contributed by atoms with Gasteiger partial charge in [-0.2, -0.15) is 13.2 Å². The summed E-state index contributed by atoms with van der Waals surface area (Å²) in [4.78, 5) is 13.6. The Labute approximate surface area is 122 Å². The Morgan fingerprint density at radius 3 is 2.52 bits per heavy atom. The van der Waals surface area contributed by atoms with Gasteiger partial charge in [-0.05, 0) is 12.0 Å². The minimum absolute atomic E-state index is 0.0722. The van der Waals surface area contributed by atoms with E-state index in [1.54, 1.807) is 6.07 Å². The van der Waals surface area contributed by atoms with Crippen LogP contribution in [0, 0.1) is 5.92 Å². The summed E-state index contributed by atoms with van der Waals surface area (Å²) in [5, 5.41) is 3.05. The summed E-state index contributed by atoms with van der Waals surface area (Å²) in [6.45, 7) is 3.87. The van der Waals surface area contributed by atoms with E-state index in [1.165, 1.54) is 24.1 Å². The van der Waals surface area contributed by atoms with Crippen molar-refractivity contribution >= 4 is 5.91 Å². The van der Waals surface area contributed by atoms with Gasteiger partial charge in [0.2, 0.25) is 5.91 Å². The van der Waals surface area contributed by atoms with E-state index in [-0.39, 0.29) is 17.4 Å². The largest absolute Gasteiger partial charge is 0.416 e. The number of nitrogens with one attached hydrogen (secondary N) is 1. The van der Waals surface area contributed by atoms with E-state index >= 15 is 0 Å². The lowest BCUT2D eigenvalue weighted by molar-refractivity contribution is -0.139. The van der Waals surface area contributed by atoms with E-state index in [0.29, 0.717) is 0 Å². The van der Waals surface area contributed by atoms with Crippen molar-refractivity contribution in [3.8, 4) is 0 Å². The summed E-state index contributed by atoms with van der Waals surface area (Å²) < 4.78 is 39.4. The Morgan fingerprint density at radius 2 is 1.95 bits per heavy atom. The minimum atomic E-state index is -4.43. The van der Waals surface area contributed by atoms with Gasteiger partial charge in [0.05, 0.1) is 11.6 Å². The Kier molecular flexibility index (Phi) is 4.27. The third-order valence-electron chi connectivity index (χ3n) is 4.11. The maximum Gasteiger partial charge on any atom is 0.416 e. The molecule has 0 aliphatic carbocycles. The molecule has 1 aliphatic rings. The first-order valence-electron chi connectivity index (χ1n) is 6.96. The van der Waals surface area contributed by atoms with Gasteiger partial charge < -0.3 is 4.90 Å². The van der Waals surface area contributed by atoms with Crippen LogP contribution >= 0.6 is 0 Å². The summed E-state index contributed by atoms with van der Waals surface area (Å²) in [6, 6.07) is 4.94. The molecule has 2 rings (SSSR count). The summed E-state index contributed by atoms with van der Waals surface area (Å²) in [6.07, 6.45) is -4.39. The van der Waals surface area contributed by atoms with Crippen molar-refractivity contribution in [1.29, 1.82) is 0 Å². The van der Waals surface area contributed by atoms with Gasteiger partial charge in [0, 0.05) is 12.6 Å². The molecule has 1 N–H and O–H groups in total. The highest BCUT2D eigenvalue weighted by atomic mass is 19.4. The maximum atomic E-state index is 13.1. The van der Waals surface area contributed by atoms with Crippen LogP contribution in [0.15, 0.2) is 24.3 Å². The average molecular weight is 300 g/mol. The third kappa shape index (κ3) is 2.90. The van der Waals surface area contributed by atoms with Gasteiger partial charge in [-0.3, -0.25) is 10.1 Å². The molecule has 1 heterocycles. The van der Waals surface area contributed by atoms with Crippen LogP contribution in [0.5, 0.6) is 0 Å². The van der Waals surface area contributed by atoms with Crippen LogP contribution in [0.4, 0.5) is 13.2 Å². The van der Waals surface area contributed by atoms with Crippen molar-refractivity contribution in [2.24, 2.45) is 5.92 Å². The maximum absolute atomic E-state index is 13.1. The molecule has 3 nitrogen and oxygen atoms in total. The Balaban J connectivity index is 2.38. The van der Waals surface area contributed by atoms with Crippen LogP contribution in [0.25, 0.3) is 0 Å². The second-order valence-electron chi connectivity index (χ2n) is 5.47. The Bertz CT molecular complexity index is 530. The molecule has 1 amide bonds. The van der Waals surface area contributed by atoms with E-state index in [9.17, 15) is 18.0 Å². The van der Waals surface area contributed by atoms with E-state index in [0.717, 1.165) is 12.5 Å². The molecule has 116 valence electrons.